The van der Waals surface area contributed by atoms with Crippen LogP contribution in [0.5, 0.6) is 11.5 Å². The predicted octanol–water partition coefficient (Wildman–Crippen LogP) is 4.40. The van der Waals surface area contributed by atoms with Crippen molar-refractivity contribution < 1.29 is 10.2 Å². The zero-order valence-corrected chi connectivity index (χ0v) is 11.2. The van der Waals surface area contributed by atoms with Crippen LogP contribution in [0.15, 0.2) is 60.7 Å². The fourth-order valence-electron chi connectivity index (χ4n) is 2.85. The minimum absolute atomic E-state index is 0.0938. The van der Waals surface area contributed by atoms with Crippen LogP contribution in [0, 0.1) is 0 Å². The number of nitrogens with one attached hydrogen (secondary N) is 1. The number of aromatic amines is 1. The molecular weight excluding hydrogens is 262 g/mol. The Bertz CT molecular complexity index is 969. The topological polar surface area (TPSA) is 56.2 Å². The molecule has 102 valence electrons. The molecule has 0 saturated carbocycles. The molecule has 0 fully saturated rings. The summed E-state index contributed by atoms with van der Waals surface area (Å²) in [5.41, 5.74) is 3.50. The number of phenolic OH excluding ortho intramolecular Hbond substituents is 2. The number of benzene rings is 3. The molecule has 0 aliphatic heterocycles. The molecule has 21 heavy (non-hydrogen) atoms. The Morgan fingerprint density at radius 3 is 2.29 bits per heavy atom. The summed E-state index contributed by atoms with van der Waals surface area (Å²) in [5, 5.41) is 22.1. The highest BCUT2D eigenvalue weighted by molar-refractivity contribution is 6.12. The zero-order chi connectivity index (χ0) is 14.4. The smallest absolute Gasteiger partial charge is 0.165 e. The van der Waals surface area contributed by atoms with Crippen LogP contribution in [0.4, 0.5) is 0 Å². The Balaban J connectivity index is 2.12. The summed E-state index contributed by atoms with van der Waals surface area (Å²) in [7, 11) is 0. The number of aromatic nitrogens is 1. The molecule has 0 bridgehead atoms. The largest absolute Gasteiger partial charge is 0.504 e. The number of hydrogen-bond donors (Lipinski definition) is 3. The number of phenols is 2. The summed E-state index contributed by atoms with van der Waals surface area (Å²) < 4.78 is 0. The average Bonchev–Trinajstić information content (AvgIpc) is 2.89. The van der Waals surface area contributed by atoms with E-state index in [4.69, 9.17) is 0 Å². The Labute approximate surface area is 121 Å². The first kappa shape index (κ1) is 11.9. The van der Waals surface area contributed by atoms with E-state index < -0.39 is 0 Å². The van der Waals surface area contributed by atoms with Gasteiger partial charge in [-0.3, -0.25) is 0 Å². The van der Waals surface area contributed by atoms with E-state index in [-0.39, 0.29) is 11.5 Å². The molecule has 0 amide bonds. The first-order valence-electron chi connectivity index (χ1n) is 6.76. The second-order valence-corrected chi connectivity index (χ2v) is 5.07. The average molecular weight is 275 g/mol. The molecule has 3 heteroatoms. The third-order valence-electron chi connectivity index (χ3n) is 3.85. The summed E-state index contributed by atoms with van der Waals surface area (Å²) in [6.45, 7) is 0. The van der Waals surface area contributed by atoms with Gasteiger partial charge in [-0.1, -0.05) is 48.5 Å². The van der Waals surface area contributed by atoms with Crippen molar-refractivity contribution in [1.29, 1.82) is 0 Å². The Morgan fingerprint density at radius 2 is 1.38 bits per heavy atom. The maximum atomic E-state index is 10.1. The highest BCUT2D eigenvalue weighted by Crippen LogP contribution is 2.40. The second-order valence-electron chi connectivity index (χ2n) is 5.07. The SMILES string of the molecule is Oc1cccc(-c2cccc3c2[nH]c2ccccc23)c1O. The van der Waals surface area contributed by atoms with Crippen LogP contribution in [0.2, 0.25) is 0 Å². The number of rotatable bonds is 1. The van der Waals surface area contributed by atoms with Crippen molar-refractivity contribution >= 4 is 21.8 Å². The van der Waals surface area contributed by atoms with Gasteiger partial charge in [0.2, 0.25) is 0 Å². The van der Waals surface area contributed by atoms with E-state index in [2.05, 4.69) is 17.1 Å². The van der Waals surface area contributed by atoms with Crippen LogP contribution in [-0.4, -0.2) is 15.2 Å². The van der Waals surface area contributed by atoms with Crippen LogP contribution < -0.4 is 0 Å². The lowest BCUT2D eigenvalue weighted by Gasteiger charge is -2.07. The lowest BCUT2D eigenvalue weighted by Crippen LogP contribution is -1.82. The van der Waals surface area contributed by atoms with Gasteiger partial charge in [-0.15, -0.1) is 0 Å². The molecule has 3 N–H and O–H groups in total. The molecule has 1 aromatic heterocycles. The first-order valence-corrected chi connectivity index (χ1v) is 6.76. The van der Waals surface area contributed by atoms with Crippen LogP contribution in [0.1, 0.15) is 0 Å². The van der Waals surface area contributed by atoms with Gasteiger partial charge >= 0.3 is 0 Å². The molecule has 0 aliphatic rings. The van der Waals surface area contributed by atoms with Crippen LogP contribution in [0.3, 0.4) is 0 Å². The maximum absolute atomic E-state index is 10.1. The van der Waals surface area contributed by atoms with Crippen molar-refractivity contribution in [3.63, 3.8) is 0 Å². The number of aromatic hydroxyl groups is 2. The van der Waals surface area contributed by atoms with E-state index in [0.717, 1.165) is 27.4 Å². The lowest BCUT2D eigenvalue weighted by molar-refractivity contribution is 0.405. The van der Waals surface area contributed by atoms with Gasteiger partial charge < -0.3 is 15.2 Å². The molecule has 0 saturated heterocycles. The van der Waals surface area contributed by atoms with Gasteiger partial charge in [0, 0.05) is 27.4 Å². The molecule has 4 aromatic rings. The summed E-state index contributed by atoms with van der Waals surface area (Å²) in [5.74, 6) is -0.204. The van der Waals surface area contributed by atoms with Crippen molar-refractivity contribution in [2.75, 3.05) is 0 Å². The van der Waals surface area contributed by atoms with Crippen molar-refractivity contribution in [3.8, 4) is 22.6 Å². The molecule has 0 unspecified atom stereocenters. The summed E-state index contributed by atoms with van der Waals surface area (Å²) >= 11 is 0. The standard InChI is InChI=1S/C18H13NO2/c20-16-10-4-8-14(18(16)21)13-7-3-6-12-11-5-1-2-9-15(11)19-17(12)13/h1-10,19-21H. The van der Waals surface area contributed by atoms with E-state index >= 15 is 0 Å². The van der Waals surface area contributed by atoms with Gasteiger partial charge in [0.25, 0.3) is 0 Å². The van der Waals surface area contributed by atoms with Gasteiger partial charge in [-0.25, -0.2) is 0 Å². The van der Waals surface area contributed by atoms with Crippen molar-refractivity contribution in [2.45, 2.75) is 0 Å². The summed E-state index contributed by atoms with van der Waals surface area (Å²) in [6.07, 6.45) is 0. The lowest BCUT2D eigenvalue weighted by atomic mass is 10.0. The number of hydrogen-bond acceptors (Lipinski definition) is 2. The van der Waals surface area contributed by atoms with E-state index in [0.29, 0.717) is 5.56 Å². The highest BCUT2D eigenvalue weighted by Gasteiger charge is 2.13. The summed E-state index contributed by atoms with van der Waals surface area (Å²) in [6, 6.07) is 19.1. The predicted molar refractivity (Wildman–Crippen MR) is 84.6 cm³/mol. The van der Waals surface area contributed by atoms with Crippen molar-refractivity contribution in [3.05, 3.63) is 60.7 Å². The van der Waals surface area contributed by atoms with Gasteiger partial charge in [-0.05, 0) is 12.1 Å². The molecule has 3 nitrogen and oxygen atoms in total. The maximum Gasteiger partial charge on any atom is 0.165 e. The monoisotopic (exact) mass is 275 g/mol. The van der Waals surface area contributed by atoms with Gasteiger partial charge in [0.05, 0.1) is 5.52 Å². The Kier molecular flexibility index (Phi) is 2.42. The molecule has 4 rings (SSSR count). The first-order chi connectivity index (χ1) is 10.3. The van der Waals surface area contributed by atoms with Crippen molar-refractivity contribution in [1.82, 2.24) is 4.98 Å². The molecule has 0 spiro atoms. The molecule has 0 aliphatic carbocycles. The highest BCUT2D eigenvalue weighted by atomic mass is 16.3. The minimum Gasteiger partial charge on any atom is -0.504 e. The van der Waals surface area contributed by atoms with Gasteiger partial charge in [0.15, 0.2) is 11.5 Å². The number of para-hydroxylation sites is 3. The van der Waals surface area contributed by atoms with Gasteiger partial charge in [-0.2, -0.15) is 0 Å². The molecular formula is C18H13NO2. The number of fused-ring (bicyclic) bond motifs is 3. The summed E-state index contributed by atoms with van der Waals surface area (Å²) in [4.78, 5) is 3.40. The fraction of sp³-hybridized carbons (Fsp3) is 0. The third kappa shape index (κ3) is 1.68. The van der Waals surface area contributed by atoms with E-state index in [1.807, 2.05) is 30.3 Å². The van der Waals surface area contributed by atoms with E-state index in [9.17, 15) is 10.2 Å². The van der Waals surface area contributed by atoms with Crippen LogP contribution in [0.25, 0.3) is 32.9 Å². The quantitative estimate of drug-likeness (QED) is 0.451. The minimum atomic E-state index is -0.111. The Hall–Kier alpha value is -2.94. The molecule has 1 heterocycles. The van der Waals surface area contributed by atoms with E-state index in [1.165, 1.54) is 6.07 Å². The molecule has 0 atom stereocenters. The fourth-order valence-corrected chi connectivity index (χ4v) is 2.85. The normalized spacial score (nSPS) is 11.2. The van der Waals surface area contributed by atoms with Gasteiger partial charge in [0.1, 0.15) is 0 Å². The molecule has 3 aromatic carbocycles. The van der Waals surface area contributed by atoms with Crippen molar-refractivity contribution in [2.24, 2.45) is 0 Å². The Morgan fingerprint density at radius 1 is 0.667 bits per heavy atom. The third-order valence-corrected chi connectivity index (χ3v) is 3.85. The van der Waals surface area contributed by atoms with Crippen LogP contribution >= 0.6 is 0 Å². The van der Waals surface area contributed by atoms with Crippen LogP contribution in [-0.2, 0) is 0 Å². The van der Waals surface area contributed by atoms with E-state index in [1.54, 1.807) is 12.1 Å². The molecule has 0 radical (unpaired) electrons. The second kappa shape index (κ2) is 4.28. The number of H-pyrrole nitrogens is 1. The zero-order valence-electron chi connectivity index (χ0n) is 11.2.